The van der Waals surface area contributed by atoms with Gasteiger partial charge in [0, 0.05) is 13.1 Å². The van der Waals surface area contributed by atoms with Crippen LogP contribution in [-0.2, 0) is 0 Å². The highest BCUT2D eigenvalue weighted by Gasteiger charge is 2.15. The van der Waals surface area contributed by atoms with Crippen molar-refractivity contribution >= 4 is 0 Å². The van der Waals surface area contributed by atoms with E-state index < -0.39 is 0 Å². The molecule has 0 spiro atoms. The maximum Gasteiger partial charge on any atom is 0.115 e. The van der Waals surface area contributed by atoms with E-state index in [-0.39, 0.29) is 0 Å². The zero-order valence-corrected chi connectivity index (χ0v) is 7.61. The molecule has 1 fully saturated rings. The van der Waals surface area contributed by atoms with Crippen molar-refractivity contribution in [2.75, 3.05) is 13.1 Å². The normalized spacial score (nSPS) is 18.8. The molecular weight excluding hydrogens is 162 g/mol. The van der Waals surface area contributed by atoms with Crippen LogP contribution in [-0.4, -0.2) is 18.2 Å². The summed E-state index contributed by atoms with van der Waals surface area (Å²) < 4.78 is 0. The lowest BCUT2D eigenvalue weighted by Gasteiger charge is -2.21. The average molecular weight is 176 g/mol. The van der Waals surface area contributed by atoms with E-state index in [1.807, 2.05) is 12.1 Å². The van der Waals surface area contributed by atoms with Crippen LogP contribution < -0.4 is 5.32 Å². The highest BCUT2D eigenvalue weighted by molar-refractivity contribution is 5.28. The van der Waals surface area contributed by atoms with Gasteiger partial charge in [0.15, 0.2) is 0 Å². The van der Waals surface area contributed by atoms with Crippen molar-refractivity contribution in [3.05, 3.63) is 29.8 Å². The standard InChI is InChI=1S/C11H14NO/c13-11-3-1-9(2-4-11)10-5-7-12-8-6-10/h1-4,10,13H,5-8H2. The van der Waals surface area contributed by atoms with Crippen LogP contribution in [0.4, 0.5) is 0 Å². The van der Waals surface area contributed by atoms with E-state index in [2.05, 4.69) is 5.32 Å². The van der Waals surface area contributed by atoms with Crippen LogP contribution in [0, 0.1) is 0 Å². The second kappa shape index (κ2) is 3.79. The Morgan fingerprint density at radius 3 is 2.31 bits per heavy atom. The molecule has 2 rings (SSSR count). The fourth-order valence-corrected chi connectivity index (χ4v) is 1.83. The van der Waals surface area contributed by atoms with E-state index in [0.717, 1.165) is 25.9 Å². The number of aromatic hydroxyl groups is 1. The zero-order chi connectivity index (χ0) is 9.10. The van der Waals surface area contributed by atoms with Crippen LogP contribution in [0.1, 0.15) is 24.3 Å². The molecule has 0 bridgehead atoms. The van der Waals surface area contributed by atoms with Crippen molar-refractivity contribution in [2.24, 2.45) is 0 Å². The van der Waals surface area contributed by atoms with Crippen molar-refractivity contribution in [3.8, 4) is 5.75 Å². The molecular formula is C11H14NO. The molecule has 0 aliphatic carbocycles. The highest BCUT2D eigenvalue weighted by Crippen LogP contribution is 2.26. The van der Waals surface area contributed by atoms with Crippen molar-refractivity contribution < 1.29 is 5.11 Å². The summed E-state index contributed by atoms with van der Waals surface area (Å²) in [5.74, 6) is 1.00. The van der Waals surface area contributed by atoms with Crippen LogP contribution in [0.3, 0.4) is 0 Å². The molecule has 1 aliphatic heterocycles. The summed E-state index contributed by atoms with van der Waals surface area (Å²) in [6, 6.07) is 7.57. The SMILES string of the molecule is Oc1ccc(C2CC[N]CC2)cc1. The first-order valence-corrected chi connectivity index (χ1v) is 4.78. The van der Waals surface area contributed by atoms with E-state index in [1.165, 1.54) is 5.56 Å². The predicted octanol–water partition coefficient (Wildman–Crippen LogP) is 1.87. The topological polar surface area (TPSA) is 34.3 Å². The van der Waals surface area contributed by atoms with E-state index in [0.29, 0.717) is 11.7 Å². The maximum atomic E-state index is 9.14. The smallest absolute Gasteiger partial charge is 0.115 e. The van der Waals surface area contributed by atoms with Gasteiger partial charge >= 0.3 is 0 Å². The Labute approximate surface area is 78.6 Å². The van der Waals surface area contributed by atoms with E-state index in [1.54, 1.807) is 12.1 Å². The molecule has 0 saturated carbocycles. The first kappa shape index (κ1) is 8.57. The first-order chi connectivity index (χ1) is 6.36. The summed E-state index contributed by atoms with van der Waals surface area (Å²) in [5.41, 5.74) is 1.34. The van der Waals surface area contributed by atoms with Crippen molar-refractivity contribution in [1.82, 2.24) is 5.32 Å². The van der Waals surface area contributed by atoms with Gasteiger partial charge in [0.25, 0.3) is 0 Å². The quantitative estimate of drug-likeness (QED) is 0.696. The molecule has 1 aromatic rings. The molecule has 2 heteroatoms. The molecule has 1 saturated heterocycles. The Morgan fingerprint density at radius 1 is 1.08 bits per heavy atom. The monoisotopic (exact) mass is 176 g/mol. The first-order valence-electron chi connectivity index (χ1n) is 4.78. The molecule has 1 aromatic carbocycles. The van der Waals surface area contributed by atoms with Gasteiger partial charge in [-0.15, -0.1) is 0 Å². The lowest BCUT2D eigenvalue weighted by Crippen LogP contribution is -2.20. The molecule has 0 unspecified atom stereocenters. The fraction of sp³-hybridized carbons (Fsp3) is 0.455. The molecule has 0 atom stereocenters. The molecule has 69 valence electrons. The second-order valence-corrected chi connectivity index (χ2v) is 3.54. The minimum absolute atomic E-state index is 0.351. The highest BCUT2D eigenvalue weighted by atomic mass is 16.3. The van der Waals surface area contributed by atoms with Crippen LogP contribution in [0.5, 0.6) is 5.75 Å². The Kier molecular flexibility index (Phi) is 2.50. The van der Waals surface area contributed by atoms with Crippen LogP contribution in [0.25, 0.3) is 0 Å². The largest absolute Gasteiger partial charge is 0.508 e. The third-order valence-electron chi connectivity index (χ3n) is 2.64. The Balaban J connectivity index is 2.10. The van der Waals surface area contributed by atoms with Gasteiger partial charge in [-0.2, -0.15) is 0 Å². The van der Waals surface area contributed by atoms with Gasteiger partial charge in [-0.05, 0) is 36.5 Å². The summed E-state index contributed by atoms with van der Waals surface area (Å²) in [7, 11) is 0. The average Bonchev–Trinajstić information content (AvgIpc) is 2.20. The van der Waals surface area contributed by atoms with Crippen molar-refractivity contribution in [2.45, 2.75) is 18.8 Å². The number of hydrogen-bond acceptors (Lipinski definition) is 1. The molecule has 1 radical (unpaired) electrons. The number of phenols is 1. The molecule has 0 aromatic heterocycles. The van der Waals surface area contributed by atoms with Crippen LogP contribution >= 0.6 is 0 Å². The summed E-state index contributed by atoms with van der Waals surface area (Å²) in [6.45, 7) is 1.98. The number of benzene rings is 1. The lowest BCUT2D eigenvalue weighted by molar-refractivity contribution is 0.451. The second-order valence-electron chi connectivity index (χ2n) is 3.54. The van der Waals surface area contributed by atoms with Gasteiger partial charge < -0.3 is 5.11 Å². The van der Waals surface area contributed by atoms with Gasteiger partial charge in [-0.25, -0.2) is 5.32 Å². The van der Waals surface area contributed by atoms with Gasteiger partial charge in [0.05, 0.1) is 0 Å². The molecule has 2 nitrogen and oxygen atoms in total. The lowest BCUT2D eigenvalue weighted by atomic mass is 9.90. The third kappa shape index (κ3) is 2.01. The van der Waals surface area contributed by atoms with Gasteiger partial charge in [-0.1, -0.05) is 12.1 Å². The Morgan fingerprint density at radius 2 is 1.69 bits per heavy atom. The Hall–Kier alpha value is -1.02. The van der Waals surface area contributed by atoms with Gasteiger partial charge in [0.2, 0.25) is 0 Å². The summed E-state index contributed by atoms with van der Waals surface area (Å²) in [6.07, 6.45) is 2.32. The number of hydrogen-bond donors (Lipinski definition) is 1. The van der Waals surface area contributed by atoms with E-state index >= 15 is 0 Å². The minimum atomic E-state index is 0.351. The predicted molar refractivity (Wildman–Crippen MR) is 51.9 cm³/mol. The number of nitrogens with zero attached hydrogens (tertiary/aromatic N) is 1. The van der Waals surface area contributed by atoms with E-state index in [9.17, 15) is 0 Å². The number of phenolic OH excluding ortho intramolecular Hbond substituents is 1. The van der Waals surface area contributed by atoms with E-state index in [4.69, 9.17) is 5.11 Å². The summed E-state index contributed by atoms with van der Waals surface area (Å²) in [4.78, 5) is 0. The number of rotatable bonds is 1. The van der Waals surface area contributed by atoms with Gasteiger partial charge in [-0.3, -0.25) is 0 Å². The zero-order valence-electron chi connectivity index (χ0n) is 7.61. The van der Waals surface area contributed by atoms with Crippen molar-refractivity contribution in [1.29, 1.82) is 0 Å². The maximum absolute atomic E-state index is 9.14. The molecule has 1 heterocycles. The molecule has 0 amide bonds. The van der Waals surface area contributed by atoms with Gasteiger partial charge in [0.1, 0.15) is 5.75 Å². The minimum Gasteiger partial charge on any atom is -0.508 e. The number of piperidine rings is 1. The molecule has 1 N–H and O–H groups in total. The molecule has 13 heavy (non-hydrogen) atoms. The molecule has 1 aliphatic rings. The van der Waals surface area contributed by atoms with Crippen LogP contribution in [0.15, 0.2) is 24.3 Å². The summed E-state index contributed by atoms with van der Waals surface area (Å²) in [5, 5.41) is 13.5. The van der Waals surface area contributed by atoms with Crippen molar-refractivity contribution in [3.63, 3.8) is 0 Å². The third-order valence-corrected chi connectivity index (χ3v) is 2.64. The van der Waals surface area contributed by atoms with Crippen LogP contribution in [0.2, 0.25) is 0 Å². The summed E-state index contributed by atoms with van der Waals surface area (Å²) >= 11 is 0. The Bertz CT molecular complexity index is 262. The fourth-order valence-electron chi connectivity index (χ4n) is 1.83.